The summed E-state index contributed by atoms with van der Waals surface area (Å²) in [5.41, 5.74) is 1.35. The largest absolute Gasteiger partial charge is 0.393 e. The molecule has 3 rings (SSSR count). The second-order valence-electron chi connectivity index (χ2n) is 6.00. The van der Waals surface area contributed by atoms with Crippen molar-refractivity contribution in [3.63, 3.8) is 0 Å². The summed E-state index contributed by atoms with van der Waals surface area (Å²) in [7, 11) is 0. The van der Waals surface area contributed by atoms with Crippen molar-refractivity contribution in [2.45, 2.75) is 43.6 Å². The molecule has 1 aliphatic carbocycles. The van der Waals surface area contributed by atoms with Crippen molar-refractivity contribution in [1.82, 2.24) is 0 Å². The van der Waals surface area contributed by atoms with E-state index in [0.717, 1.165) is 38.6 Å². The molecule has 1 N–H and O–H groups in total. The molecule has 0 spiro atoms. The first-order valence-corrected chi connectivity index (χ1v) is 7.99. The summed E-state index contributed by atoms with van der Waals surface area (Å²) in [6, 6.07) is 6.01. The minimum Gasteiger partial charge on any atom is -0.393 e. The molecular formula is C16H19Cl2NO. The Bertz CT molecular complexity index is 513. The molecule has 0 saturated heterocycles. The standard InChI is InChI=1S/C16H19Cl2NO/c17-14-2-1-11(9-15(14)18)16(12-5-8-19-10-12)6-3-13(20)4-7-16/h1-2,8-9,12-13,20H,3-7,10H2/t12-,13-,16-/m1/s1. The van der Waals surface area contributed by atoms with E-state index in [1.807, 2.05) is 18.3 Å². The maximum absolute atomic E-state index is 9.85. The topological polar surface area (TPSA) is 32.6 Å². The number of benzene rings is 1. The summed E-state index contributed by atoms with van der Waals surface area (Å²) < 4.78 is 0. The van der Waals surface area contributed by atoms with Crippen LogP contribution in [0.2, 0.25) is 10.0 Å². The zero-order chi connectivity index (χ0) is 14.2. The molecule has 1 aromatic carbocycles. The lowest BCUT2D eigenvalue weighted by atomic mass is 9.61. The zero-order valence-corrected chi connectivity index (χ0v) is 12.9. The van der Waals surface area contributed by atoms with Crippen LogP contribution in [0.15, 0.2) is 23.2 Å². The van der Waals surface area contributed by atoms with Crippen molar-refractivity contribution < 1.29 is 5.11 Å². The molecular weight excluding hydrogens is 293 g/mol. The third-order valence-electron chi connectivity index (χ3n) is 4.97. The SMILES string of the molecule is O[C@H]1CC[C@](c2ccc(Cl)c(Cl)c2)([C@@H]2CC=NC2)CC1. The predicted octanol–water partition coefficient (Wildman–Crippen LogP) is 4.26. The van der Waals surface area contributed by atoms with E-state index in [2.05, 4.69) is 11.1 Å². The Kier molecular flexibility index (Phi) is 4.07. The third-order valence-corrected chi connectivity index (χ3v) is 5.71. The molecule has 20 heavy (non-hydrogen) atoms. The molecule has 108 valence electrons. The van der Waals surface area contributed by atoms with E-state index in [1.165, 1.54) is 5.56 Å². The summed E-state index contributed by atoms with van der Waals surface area (Å²) >= 11 is 12.3. The van der Waals surface area contributed by atoms with Gasteiger partial charge in [0.2, 0.25) is 0 Å². The lowest BCUT2D eigenvalue weighted by Gasteiger charge is -2.44. The molecule has 0 bridgehead atoms. The normalized spacial score (nSPS) is 33.5. The summed E-state index contributed by atoms with van der Waals surface area (Å²) in [5, 5.41) is 11.1. The van der Waals surface area contributed by atoms with Crippen LogP contribution in [0.4, 0.5) is 0 Å². The molecule has 1 aromatic rings. The van der Waals surface area contributed by atoms with Crippen molar-refractivity contribution in [3.8, 4) is 0 Å². The van der Waals surface area contributed by atoms with Crippen molar-refractivity contribution >= 4 is 29.4 Å². The molecule has 1 heterocycles. The van der Waals surface area contributed by atoms with Crippen molar-refractivity contribution in [2.24, 2.45) is 10.9 Å². The quantitative estimate of drug-likeness (QED) is 0.869. The highest BCUT2D eigenvalue weighted by Crippen LogP contribution is 2.48. The van der Waals surface area contributed by atoms with Crippen LogP contribution in [0, 0.1) is 5.92 Å². The van der Waals surface area contributed by atoms with Gasteiger partial charge >= 0.3 is 0 Å². The number of hydrogen-bond acceptors (Lipinski definition) is 2. The van der Waals surface area contributed by atoms with Crippen LogP contribution in [-0.4, -0.2) is 24.0 Å². The first-order chi connectivity index (χ1) is 9.62. The molecule has 0 aromatic heterocycles. The molecule has 0 amide bonds. The lowest BCUT2D eigenvalue weighted by molar-refractivity contribution is 0.0753. The second kappa shape index (κ2) is 5.67. The number of aliphatic hydroxyl groups is 1. The van der Waals surface area contributed by atoms with E-state index >= 15 is 0 Å². The van der Waals surface area contributed by atoms with Gasteiger partial charge in [-0.25, -0.2) is 0 Å². The molecule has 1 fully saturated rings. The van der Waals surface area contributed by atoms with Gasteiger partial charge in [0.1, 0.15) is 0 Å². The Morgan fingerprint density at radius 1 is 1.15 bits per heavy atom. The van der Waals surface area contributed by atoms with Crippen LogP contribution in [-0.2, 0) is 5.41 Å². The van der Waals surface area contributed by atoms with Gasteiger partial charge in [-0.1, -0.05) is 29.3 Å². The highest BCUT2D eigenvalue weighted by atomic mass is 35.5. The predicted molar refractivity (Wildman–Crippen MR) is 84.1 cm³/mol. The van der Waals surface area contributed by atoms with Gasteiger partial charge in [-0.15, -0.1) is 0 Å². The fourth-order valence-electron chi connectivity index (χ4n) is 3.73. The zero-order valence-electron chi connectivity index (χ0n) is 11.4. The molecule has 1 atom stereocenters. The molecule has 0 unspecified atom stereocenters. The van der Waals surface area contributed by atoms with Gasteiger partial charge in [-0.05, 0) is 61.9 Å². The van der Waals surface area contributed by atoms with Crippen LogP contribution in [0.3, 0.4) is 0 Å². The monoisotopic (exact) mass is 311 g/mol. The number of halogens is 2. The second-order valence-corrected chi connectivity index (χ2v) is 6.81. The summed E-state index contributed by atoms with van der Waals surface area (Å²) in [5.74, 6) is 0.521. The first kappa shape index (κ1) is 14.4. The van der Waals surface area contributed by atoms with Crippen molar-refractivity contribution in [2.75, 3.05) is 6.54 Å². The summed E-state index contributed by atoms with van der Waals surface area (Å²) in [6.07, 6.45) is 6.62. The van der Waals surface area contributed by atoms with E-state index in [0.29, 0.717) is 16.0 Å². The molecule has 1 saturated carbocycles. The van der Waals surface area contributed by atoms with Crippen LogP contribution >= 0.6 is 23.2 Å². The van der Waals surface area contributed by atoms with E-state index in [4.69, 9.17) is 23.2 Å². The number of nitrogens with zero attached hydrogens (tertiary/aromatic N) is 1. The van der Waals surface area contributed by atoms with Gasteiger partial charge in [-0.3, -0.25) is 4.99 Å². The molecule has 2 nitrogen and oxygen atoms in total. The molecule has 1 aliphatic heterocycles. The van der Waals surface area contributed by atoms with Crippen LogP contribution in [0.5, 0.6) is 0 Å². The number of hydrogen-bond donors (Lipinski definition) is 1. The molecule has 2 aliphatic rings. The van der Waals surface area contributed by atoms with Gasteiger partial charge in [-0.2, -0.15) is 0 Å². The number of aliphatic imine (C=N–C) groups is 1. The smallest absolute Gasteiger partial charge is 0.0595 e. The Labute approximate surface area is 129 Å². The van der Waals surface area contributed by atoms with Crippen molar-refractivity contribution in [3.05, 3.63) is 33.8 Å². The first-order valence-electron chi connectivity index (χ1n) is 7.24. The van der Waals surface area contributed by atoms with Gasteiger partial charge in [0, 0.05) is 12.0 Å². The van der Waals surface area contributed by atoms with Gasteiger partial charge in [0.05, 0.1) is 16.1 Å². The molecule has 0 radical (unpaired) electrons. The average molecular weight is 312 g/mol. The summed E-state index contributed by atoms with van der Waals surface area (Å²) in [4.78, 5) is 4.42. The Morgan fingerprint density at radius 2 is 1.90 bits per heavy atom. The van der Waals surface area contributed by atoms with E-state index in [9.17, 15) is 5.11 Å². The van der Waals surface area contributed by atoms with Gasteiger partial charge in [0.25, 0.3) is 0 Å². The summed E-state index contributed by atoms with van der Waals surface area (Å²) in [6.45, 7) is 0.885. The highest BCUT2D eigenvalue weighted by Gasteiger charge is 2.43. The number of aliphatic hydroxyl groups excluding tert-OH is 1. The van der Waals surface area contributed by atoms with Crippen LogP contribution < -0.4 is 0 Å². The number of rotatable bonds is 2. The fraction of sp³-hybridized carbons (Fsp3) is 0.562. The third kappa shape index (κ3) is 2.49. The van der Waals surface area contributed by atoms with Crippen molar-refractivity contribution in [1.29, 1.82) is 0 Å². The lowest BCUT2D eigenvalue weighted by Crippen LogP contribution is -2.40. The Balaban J connectivity index is 1.98. The maximum atomic E-state index is 9.85. The van der Waals surface area contributed by atoms with Gasteiger partial charge in [0.15, 0.2) is 0 Å². The highest BCUT2D eigenvalue weighted by molar-refractivity contribution is 6.42. The maximum Gasteiger partial charge on any atom is 0.0595 e. The van der Waals surface area contributed by atoms with Crippen LogP contribution in [0.1, 0.15) is 37.7 Å². The van der Waals surface area contributed by atoms with E-state index in [-0.39, 0.29) is 11.5 Å². The minimum atomic E-state index is -0.159. The van der Waals surface area contributed by atoms with E-state index in [1.54, 1.807) is 0 Å². The van der Waals surface area contributed by atoms with Crippen LogP contribution in [0.25, 0.3) is 0 Å². The van der Waals surface area contributed by atoms with Gasteiger partial charge < -0.3 is 5.11 Å². The average Bonchev–Trinajstić information content (AvgIpc) is 2.98. The fourth-order valence-corrected chi connectivity index (χ4v) is 4.03. The van der Waals surface area contributed by atoms with E-state index < -0.39 is 0 Å². The Morgan fingerprint density at radius 3 is 2.50 bits per heavy atom. The minimum absolute atomic E-state index is 0.0873. The molecule has 4 heteroatoms. The Hall–Kier alpha value is -0.570.